The third-order valence-electron chi connectivity index (χ3n) is 2.73. The van der Waals surface area contributed by atoms with Crippen LogP contribution in [0.25, 0.3) is 0 Å². The topological polar surface area (TPSA) is 50.1 Å². The summed E-state index contributed by atoms with van der Waals surface area (Å²) in [6.07, 6.45) is 3.95. The predicted molar refractivity (Wildman–Crippen MR) is 55.3 cm³/mol. The van der Waals surface area contributed by atoms with Crippen LogP contribution in [-0.4, -0.2) is 27.8 Å². The van der Waals surface area contributed by atoms with Crippen LogP contribution in [0.5, 0.6) is 0 Å². The first-order chi connectivity index (χ1) is 6.83. The quantitative estimate of drug-likeness (QED) is 0.752. The van der Waals surface area contributed by atoms with Gasteiger partial charge in [-0.15, -0.1) is 0 Å². The fourth-order valence-electron chi connectivity index (χ4n) is 1.88. The number of imidazole rings is 1. The number of anilines is 1. The zero-order valence-electron chi connectivity index (χ0n) is 8.53. The van der Waals surface area contributed by atoms with Crippen LogP contribution in [0, 0.1) is 5.92 Å². The zero-order chi connectivity index (χ0) is 9.97. The van der Waals surface area contributed by atoms with Gasteiger partial charge in [0.1, 0.15) is 0 Å². The third-order valence-corrected chi connectivity index (χ3v) is 2.73. The van der Waals surface area contributed by atoms with Gasteiger partial charge in [-0.1, -0.05) is 6.92 Å². The van der Waals surface area contributed by atoms with Crippen molar-refractivity contribution in [2.45, 2.75) is 26.3 Å². The van der Waals surface area contributed by atoms with Crippen LogP contribution >= 0.6 is 0 Å². The first-order valence-electron chi connectivity index (χ1n) is 5.24. The van der Waals surface area contributed by atoms with Crippen LogP contribution in [0.4, 0.5) is 5.95 Å². The summed E-state index contributed by atoms with van der Waals surface area (Å²) in [5.41, 5.74) is 1.14. The lowest BCUT2D eigenvalue weighted by Crippen LogP contribution is -2.27. The molecule has 78 valence electrons. The van der Waals surface area contributed by atoms with Gasteiger partial charge in [-0.05, 0) is 18.8 Å². The Labute approximate surface area is 84.0 Å². The summed E-state index contributed by atoms with van der Waals surface area (Å²) >= 11 is 0. The van der Waals surface area contributed by atoms with Crippen LogP contribution in [0.1, 0.15) is 19.0 Å². The Balaban J connectivity index is 2.09. The van der Waals surface area contributed by atoms with Crippen LogP contribution in [0.15, 0.2) is 6.20 Å². The molecule has 1 aliphatic heterocycles. The SMILES string of the molecule is CCc1cn2c(n1)NCC(CCO)C2. The highest BCUT2D eigenvalue weighted by molar-refractivity contribution is 5.31. The summed E-state index contributed by atoms with van der Waals surface area (Å²) in [6.45, 7) is 4.30. The van der Waals surface area contributed by atoms with Gasteiger partial charge in [0.05, 0.1) is 5.69 Å². The predicted octanol–water partition coefficient (Wildman–Crippen LogP) is 0.870. The van der Waals surface area contributed by atoms with Crippen molar-refractivity contribution in [2.24, 2.45) is 5.92 Å². The Kier molecular flexibility index (Phi) is 2.72. The number of nitrogens with one attached hydrogen (secondary N) is 1. The lowest BCUT2D eigenvalue weighted by atomic mass is 10.1. The second-order valence-electron chi connectivity index (χ2n) is 3.82. The van der Waals surface area contributed by atoms with Gasteiger partial charge in [0.15, 0.2) is 0 Å². The minimum atomic E-state index is 0.275. The molecule has 0 saturated heterocycles. The summed E-state index contributed by atoms with van der Waals surface area (Å²) in [5, 5.41) is 12.2. The van der Waals surface area contributed by atoms with E-state index in [1.54, 1.807) is 0 Å². The van der Waals surface area contributed by atoms with E-state index in [1.165, 1.54) is 0 Å². The maximum Gasteiger partial charge on any atom is 0.203 e. The molecule has 2 heterocycles. The zero-order valence-corrected chi connectivity index (χ0v) is 8.53. The van der Waals surface area contributed by atoms with E-state index in [9.17, 15) is 0 Å². The molecule has 4 nitrogen and oxygen atoms in total. The van der Waals surface area contributed by atoms with E-state index in [0.29, 0.717) is 5.92 Å². The fraction of sp³-hybridized carbons (Fsp3) is 0.700. The normalized spacial score (nSPS) is 20.3. The van der Waals surface area contributed by atoms with Gasteiger partial charge in [-0.25, -0.2) is 4.98 Å². The van der Waals surface area contributed by atoms with Crippen molar-refractivity contribution in [3.05, 3.63) is 11.9 Å². The summed E-state index contributed by atoms with van der Waals surface area (Å²) in [5.74, 6) is 1.52. The highest BCUT2D eigenvalue weighted by atomic mass is 16.3. The van der Waals surface area contributed by atoms with Gasteiger partial charge in [0.25, 0.3) is 0 Å². The van der Waals surface area contributed by atoms with Crippen molar-refractivity contribution in [1.82, 2.24) is 9.55 Å². The average molecular weight is 195 g/mol. The smallest absolute Gasteiger partial charge is 0.203 e. The van der Waals surface area contributed by atoms with Crippen LogP contribution < -0.4 is 5.32 Å². The average Bonchev–Trinajstić information content (AvgIpc) is 2.60. The number of aryl methyl sites for hydroxylation is 1. The number of aliphatic hydroxyl groups excluding tert-OH is 1. The molecule has 1 aromatic rings. The monoisotopic (exact) mass is 195 g/mol. The molecular weight excluding hydrogens is 178 g/mol. The van der Waals surface area contributed by atoms with Crippen LogP contribution in [-0.2, 0) is 13.0 Å². The molecule has 0 saturated carbocycles. The van der Waals surface area contributed by atoms with Crippen LogP contribution in [0.2, 0.25) is 0 Å². The van der Waals surface area contributed by atoms with Crippen molar-refractivity contribution >= 4 is 5.95 Å². The minimum absolute atomic E-state index is 0.275. The molecule has 0 aromatic carbocycles. The number of hydrogen-bond donors (Lipinski definition) is 2. The lowest BCUT2D eigenvalue weighted by Gasteiger charge is -2.24. The molecule has 0 fully saturated rings. The first-order valence-corrected chi connectivity index (χ1v) is 5.24. The number of rotatable bonds is 3. The van der Waals surface area contributed by atoms with Crippen LogP contribution in [0.3, 0.4) is 0 Å². The summed E-state index contributed by atoms with van der Waals surface area (Å²) in [6, 6.07) is 0. The molecule has 2 rings (SSSR count). The number of hydrogen-bond acceptors (Lipinski definition) is 3. The second kappa shape index (κ2) is 4.00. The molecule has 0 radical (unpaired) electrons. The molecule has 1 aliphatic rings. The van der Waals surface area contributed by atoms with Crippen molar-refractivity contribution in [1.29, 1.82) is 0 Å². The summed E-state index contributed by atoms with van der Waals surface area (Å²) in [4.78, 5) is 4.45. The molecule has 0 aliphatic carbocycles. The third kappa shape index (κ3) is 1.75. The standard InChI is InChI=1S/C10H17N3O/c1-2-9-7-13-6-8(3-4-14)5-11-10(13)12-9/h7-8,14H,2-6H2,1H3,(H,11,12). The number of fused-ring (bicyclic) bond motifs is 1. The molecule has 1 unspecified atom stereocenters. The van der Waals surface area contributed by atoms with Crippen molar-refractivity contribution < 1.29 is 5.11 Å². The van der Waals surface area contributed by atoms with Gasteiger partial charge in [-0.3, -0.25) is 0 Å². The fourth-order valence-corrected chi connectivity index (χ4v) is 1.88. The Bertz CT molecular complexity index is 308. The Hall–Kier alpha value is -1.03. The molecule has 2 N–H and O–H groups in total. The highest BCUT2D eigenvalue weighted by Gasteiger charge is 2.18. The van der Waals surface area contributed by atoms with Gasteiger partial charge in [0, 0.05) is 25.9 Å². The van der Waals surface area contributed by atoms with Crippen molar-refractivity contribution in [3.8, 4) is 0 Å². The molecule has 4 heteroatoms. The largest absolute Gasteiger partial charge is 0.396 e. The van der Waals surface area contributed by atoms with Gasteiger partial charge >= 0.3 is 0 Å². The van der Waals surface area contributed by atoms with Gasteiger partial charge in [-0.2, -0.15) is 0 Å². The maximum absolute atomic E-state index is 8.87. The van der Waals surface area contributed by atoms with Crippen molar-refractivity contribution in [2.75, 3.05) is 18.5 Å². The van der Waals surface area contributed by atoms with E-state index in [4.69, 9.17) is 5.11 Å². The second-order valence-corrected chi connectivity index (χ2v) is 3.82. The molecule has 0 amide bonds. The molecule has 1 atom stereocenters. The molecule has 1 aromatic heterocycles. The maximum atomic E-state index is 8.87. The summed E-state index contributed by atoms with van der Waals surface area (Å²) in [7, 11) is 0. The first kappa shape index (κ1) is 9.52. The Morgan fingerprint density at radius 1 is 1.71 bits per heavy atom. The van der Waals surface area contributed by atoms with E-state index in [2.05, 4.69) is 28.0 Å². The van der Waals surface area contributed by atoms with Gasteiger partial charge in [0.2, 0.25) is 5.95 Å². The van der Waals surface area contributed by atoms with Gasteiger partial charge < -0.3 is 15.0 Å². The summed E-state index contributed by atoms with van der Waals surface area (Å²) < 4.78 is 2.16. The Morgan fingerprint density at radius 3 is 3.29 bits per heavy atom. The van der Waals surface area contributed by atoms with Crippen molar-refractivity contribution in [3.63, 3.8) is 0 Å². The molecule has 14 heavy (non-hydrogen) atoms. The molecular formula is C10H17N3O. The highest BCUT2D eigenvalue weighted by Crippen LogP contribution is 2.19. The van der Waals surface area contributed by atoms with E-state index in [-0.39, 0.29) is 6.61 Å². The molecule has 0 bridgehead atoms. The van der Waals surface area contributed by atoms with E-state index in [0.717, 1.165) is 37.6 Å². The molecule has 0 spiro atoms. The Morgan fingerprint density at radius 2 is 2.57 bits per heavy atom. The number of aliphatic hydroxyl groups is 1. The minimum Gasteiger partial charge on any atom is -0.396 e. The number of aromatic nitrogens is 2. The van der Waals surface area contributed by atoms with E-state index >= 15 is 0 Å². The van der Waals surface area contributed by atoms with E-state index in [1.807, 2.05) is 0 Å². The lowest BCUT2D eigenvalue weighted by molar-refractivity contribution is 0.248. The number of nitrogens with zero attached hydrogens (tertiary/aromatic N) is 2. The van der Waals surface area contributed by atoms with E-state index < -0.39 is 0 Å².